The minimum absolute atomic E-state index is 0.208. The average Bonchev–Trinajstić information content (AvgIpc) is 2.83. The van der Waals surface area contributed by atoms with Crippen molar-refractivity contribution in [3.63, 3.8) is 0 Å². The highest BCUT2D eigenvalue weighted by atomic mass is 16.2. The first-order chi connectivity index (χ1) is 10.7. The molecule has 2 unspecified atom stereocenters. The van der Waals surface area contributed by atoms with Crippen LogP contribution in [0.4, 0.5) is 0 Å². The molecule has 1 aromatic rings. The van der Waals surface area contributed by atoms with Crippen molar-refractivity contribution in [2.45, 2.75) is 44.7 Å². The van der Waals surface area contributed by atoms with Crippen LogP contribution in [0.2, 0.25) is 0 Å². The van der Waals surface area contributed by atoms with E-state index in [4.69, 9.17) is 0 Å². The Morgan fingerprint density at radius 1 is 1.09 bits per heavy atom. The molecule has 0 aliphatic carbocycles. The van der Waals surface area contributed by atoms with Crippen LogP contribution < -0.4 is 0 Å². The molecule has 1 aromatic carbocycles. The van der Waals surface area contributed by atoms with Gasteiger partial charge in [-0.15, -0.1) is 0 Å². The summed E-state index contributed by atoms with van der Waals surface area (Å²) < 4.78 is 0. The average molecular weight is 300 g/mol. The first-order valence-corrected chi connectivity index (χ1v) is 8.30. The van der Waals surface area contributed by atoms with Crippen LogP contribution in [0.5, 0.6) is 0 Å². The molecule has 1 amide bonds. The summed E-state index contributed by atoms with van der Waals surface area (Å²) in [5, 5.41) is 0. The maximum absolute atomic E-state index is 12.2. The van der Waals surface area contributed by atoms with Gasteiger partial charge in [-0.1, -0.05) is 37.3 Å². The van der Waals surface area contributed by atoms with E-state index >= 15 is 0 Å². The summed E-state index contributed by atoms with van der Waals surface area (Å²) in [5.74, 6) is 0.493. The third-order valence-corrected chi connectivity index (χ3v) is 4.90. The normalized spacial score (nSPS) is 24.5. The lowest BCUT2D eigenvalue weighted by molar-refractivity contribution is -0.136. The van der Waals surface area contributed by atoms with Crippen LogP contribution in [0.3, 0.4) is 0 Å². The molecule has 0 radical (unpaired) electrons. The van der Waals surface area contributed by atoms with Crippen molar-refractivity contribution < 1.29 is 9.59 Å². The van der Waals surface area contributed by atoms with E-state index in [-0.39, 0.29) is 11.7 Å². The molecule has 4 nitrogen and oxygen atoms in total. The minimum Gasteiger partial charge on any atom is -0.334 e. The van der Waals surface area contributed by atoms with Gasteiger partial charge in [-0.05, 0) is 12.8 Å². The number of carbonyl (C=O) groups excluding carboxylic acids is 2. The molecule has 4 heteroatoms. The standard InChI is InChI=1S/C18H24N2O2/c1-2-18(22)20-15-8-9-16(20)13-19(12-15)11-10-17(21)14-6-4-3-5-7-14/h3-7,15-16H,2,8-13H2,1H3. The summed E-state index contributed by atoms with van der Waals surface area (Å²) in [6.07, 6.45) is 3.38. The topological polar surface area (TPSA) is 40.6 Å². The molecule has 118 valence electrons. The first-order valence-electron chi connectivity index (χ1n) is 8.30. The fourth-order valence-electron chi connectivity index (χ4n) is 3.79. The Morgan fingerprint density at radius 3 is 2.32 bits per heavy atom. The lowest BCUT2D eigenvalue weighted by Crippen LogP contribution is -2.55. The Labute approximate surface area is 132 Å². The van der Waals surface area contributed by atoms with Gasteiger partial charge in [0.2, 0.25) is 5.91 Å². The molecule has 0 spiro atoms. The Bertz CT molecular complexity index is 529. The van der Waals surface area contributed by atoms with Gasteiger partial charge in [0.25, 0.3) is 0 Å². The van der Waals surface area contributed by atoms with Crippen LogP contribution in [0, 0.1) is 0 Å². The van der Waals surface area contributed by atoms with Gasteiger partial charge >= 0.3 is 0 Å². The molecule has 2 atom stereocenters. The lowest BCUT2D eigenvalue weighted by atomic mass is 10.1. The monoisotopic (exact) mass is 300 g/mol. The number of nitrogens with zero attached hydrogens (tertiary/aromatic N) is 2. The first kappa shape index (κ1) is 15.2. The molecule has 0 aromatic heterocycles. The number of Topliss-reactive ketones (excluding diaryl/α,β-unsaturated/α-hetero) is 1. The van der Waals surface area contributed by atoms with E-state index in [2.05, 4.69) is 9.80 Å². The maximum atomic E-state index is 12.2. The van der Waals surface area contributed by atoms with E-state index < -0.39 is 0 Å². The maximum Gasteiger partial charge on any atom is 0.222 e. The molecule has 2 bridgehead atoms. The van der Waals surface area contributed by atoms with E-state index in [9.17, 15) is 9.59 Å². The quantitative estimate of drug-likeness (QED) is 0.784. The zero-order chi connectivity index (χ0) is 15.5. The summed E-state index contributed by atoms with van der Waals surface area (Å²) in [6.45, 7) is 4.58. The second kappa shape index (κ2) is 6.61. The summed E-state index contributed by atoms with van der Waals surface area (Å²) in [5.41, 5.74) is 0.797. The largest absolute Gasteiger partial charge is 0.334 e. The molecule has 2 heterocycles. The van der Waals surface area contributed by atoms with Gasteiger partial charge in [-0.25, -0.2) is 0 Å². The van der Waals surface area contributed by atoms with Gasteiger partial charge in [-0.2, -0.15) is 0 Å². The number of likely N-dealkylation sites (tertiary alicyclic amines) is 1. The van der Waals surface area contributed by atoms with Crippen molar-refractivity contribution in [3.05, 3.63) is 35.9 Å². The Balaban J connectivity index is 1.54. The smallest absolute Gasteiger partial charge is 0.222 e. The molecule has 2 aliphatic rings. The highest BCUT2D eigenvalue weighted by molar-refractivity contribution is 5.96. The number of rotatable bonds is 5. The number of fused-ring (bicyclic) bond motifs is 2. The Kier molecular flexibility index (Phi) is 4.57. The summed E-state index contributed by atoms with van der Waals surface area (Å²) >= 11 is 0. The summed E-state index contributed by atoms with van der Waals surface area (Å²) in [7, 11) is 0. The SMILES string of the molecule is CCC(=O)N1C2CCC1CN(CCC(=O)c1ccccc1)C2. The molecule has 2 aliphatic heterocycles. The van der Waals surface area contributed by atoms with Crippen molar-refractivity contribution in [3.8, 4) is 0 Å². The molecule has 2 fully saturated rings. The van der Waals surface area contributed by atoms with Crippen LogP contribution in [0.15, 0.2) is 30.3 Å². The third kappa shape index (κ3) is 3.07. The van der Waals surface area contributed by atoms with E-state index in [1.165, 1.54) is 0 Å². The number of hydrogen-bond acceptors (Lipinski definition) is 3. The second-order valence-electron chi connectivity index (χ2n) is 6.34. The van der Waals surface area contributed by atoms with Crippen molar-refractivity contribution in [1.82, 2.24) is 9.80 Å². The van der Waals surface area contributed by atoms with E-state index in [0.717, 1.165) is 38.0 Å². The van der Waals surface area contributed by atoms with E-state index in [0.29, 0.717) is 24.9 Å². The van der Waals surface area contributed by atoms with Crippen LogP contribution in [0.1, 0.15) is 43.0 Å². The molecule has 2 saturated heterocycles. The van der Waals surface area contributed by atoms with Crippen molar-refractivity contribution in [2.24, 2.45) is 0 Å². The van der Waals surface area contributed by atoms with Gasteiger partial charge in [0.05, 0.1) is 0 Å². The number of benzene rings is 1. The number of carbonyl (C=O) groups is 2. The van der Waals surface area contributed by atoms with Crippen molar-refractivity contribution >= 4 is 11.7 Å². The highest BCUT2D eigenvalue weighted by Crippen LogP contribution is 2.30. The van der Waals surface area contributed by atoms with Crippen LogP contribution in [-0.4, -0.2) is 53.2 Å². The Hall–Kier alpha value is -1.68. The second-order valence-corrected chi connectivity index (χ2v) is 6.34. The fourth-order valence-corrected chi connectivity index (χ4v) is 3.79. The van der Waals surface area contributed by atoms with Crippen LogP contribution >= 0.6 is 0 Å². The number of ketones is 1. The van der Waals surface area contributed by atoms with Crippen LogP contribution in [0.25, 0.3) is 0 Å². The molecule has 22 heavy (non-hydrogen) atoms. The number of amides is 1. The van der Waals surface area contributed by atoms with Gasteiger partial charge < -0.3 is 4.90 Å². The predicted octanol–water partition coefficient (Wildman–Crippen LogP) is 2.34. The fraction of sp³-hybridized carbons (Fsp3) is 0.556. The molecular weight excluding hydrogens is 276 g/mol. The van der Waals surface area contributed by atoms with E-state index in [1.807, 2.05) is 37.3 Å². The minimum atomic E-state index is 0.208. The summed E-state index contributed by atoms with van der Waals surface area (Å²) in [6, 6.07) is 10.2. The van der Waals surface area contributed by atoms with Gasteiger partial charge in [0.15, 0.2) is 5.78 Å². The zero-order valence-corrected chi connectivity index (χ0v) is 13.2. The van der Waals surface area contributed by atoms with Gasteiger partial charge in [0.1, 0.15) is 0 Å². The van der Waals surface area contributed by atoms with Crippen molar-refractivity contribution in [1.29, 1.82) is 0 Å². The lowest BCUT2D eigenvalue weighted by Gasteiger charge is -2.41. The Morgan fingerprint density at radius 2 is 1.73 bits per heavy atom. The molecular formula is C18H24N2O2. The van der Waals surface area contributed by atoms with Gasteiger partial charge in [-0.3, -0.25) is 14.5 Å². The molecule has 0 N–H and O–H groups in total. The highest BCUT2D eigenvalue weighted by Gasteiger charge is 2.41. The van der Waals surface area contributed by atoms with Gasteiger partial charge in [0, 0.05) is 50.1 Å². The predicted molar refractivity (Wildman–Crippen MR) is 85.8 cm³/mol. The van der Waals surface area contributed by atoms with E-state index in [1.54, 1.807) is 0 Å². The third-order valence-electron chi connectivity index (χ3n) is 4.90. The zero-order valence-electron chi connectivity index (χ0n) is 13.2. The molecule has 0 saturated carbocycles. The van der Waals surface area contributed by atoms with Crippen LogP contribution in [-0.2, 0) is 4.79 Å². The summed E-state index contributed by atoms with van der Waals surface area (Å²) in [4.78, 5) is 28.7. The van der Waals surface area contributed by atoms with Crippen molar-refractivity contribution in [2.75, 3.05) is 19.6 Å². The number of piperazine rings is 1. The molecule has 3 rings (SSSR count). The number of hydrogen-bond donors (Lipinski definition) is 0.